The van der Waals surface area contributed by atoms with E-state index in [0.29, 0.717) is 6.04 Å². The molecule has 1 atom stereocenters. The first-order valence-corrected chi connectivity index (χ1v) is 5.07. The van der Waals surface area contributed by atoms with Crippen LogP contribution in [0.1, 0.15) is 37.9 Å². The standard InChI is InChI=1S/C12H18N2/c1-8-10-6-5-9(13)7-11(10)12(2,3)14(8)4/h5-8H,13H2,1-4H3. The zero-order valence-corrected chi connectivity index (χ0v) is 9.33. The third-order valence-corrected chi connectivity index (χ3v) is 3.65. The van der Waals surface area contributed by atoms with Crippen molar-refractivity contribution in [3.8, 4) is 0 Å². The van der Waals surface area contributed by atoms with Crippen molar-refractivity contribution in [2.24, 2.45) is 0 Å². The number of nitrogen functional groups attached to an aromatic ring is 1. The quantitative estimate of drug-likeness (QED) is 0.637. The molecule has 2 N–H and O–H groups in total. The van der Waals surface area contributed by atoms with Crippen molar-refractivity contribution in [1.82, 2.24) is 4.90 Å². The van der Waals surface area contributed by atoms with Crippen molar-refractivity contribution >= 4 is 5.69 Å². The van der Waals surface area contributed by atoms with E-state index in [2.05, 4.69) is 44.9 Å². The number of fused-ring (bicyclic) bond motifs is 1. The summed E-state index contributed by atoms with van der Waals surface area (Å²) in [4.78, 5) is 2.39. The van der Waals surface area contributed by atoms with E-state index in [9.17, 15) is 0 Å². The second kappa shape index (κ2) is 2.74. The molecule has 0 fully saturated rings. The van der Waals surface area contributed by atoms with Gasteiger partial charge in [-0.05, 0) is 51.1 Å². The van der Waals surface area contributed by atoms with Crippen LogP contribution in [-0.4, -0.2) is 11.9 Å². The summed E-state index contributed by atoms with van der Waals surface area (Å²) in [6, 6.07) is 6.74. The van der Waals surface area contributed by atoms with Crippen molar-refractivity contribution in [3.05, 3.63) is 29.3 Å². The molecule has 0 spiro atoms. The Morgan fingerprint density at radius 2 is 2.00 bits per heavy atom. The summed E-state index contributed by atoms with van der Waals surface area (Å²) in [6.07, 6.45) is 0. The summed E-state index contributed by atoms with van der Waals surface area (Å²) in [6.45, 7) is 6.73. The average Bonchev–Trinajstić information content (AvgIpc) is 2.29. The maximum absolute atomic E-state index is 5.82. The van der Waals surface area contributed by atoms with Crippen LogP contribution >= 0.6 is 0 Å². The van der Waals surface area contributed by atoms with Crippen molar-refractivity contribution in [1.29, 1.82) is 0 Å². The molecule has 0 saturated heterocycles. The lowest BCUT2D eigenvalue weighted by atomic mass is 9.93. The fraction of sp³-hybridized carbons (Fsp3) is 0.500. The molecule has 1 aromatic rings. The fourth-order valence-electron chi connectivity index (χ4n) is 2.35. The highest BCUT2D eigenvalue weighted by atomic mass is 15.2. The normalized spacial score (nSPS) is 25.0. The van der Waals surface area contributed by atoms with Gasteiger partial charge in [-0.2, -0.15) is 0 Å². The molecule has 76 valence electrons. The van der Waals surface area contributed by atoms with Gasteiger partial charge in [0.05, 0.1) is 0 Å². The van der Waals surface area contributed by atoms with Gasteiger partial charge in [0, 0.05) is 17.3 Å². The second-order valence-corrected chi connectivity index (χ2v) is 4.69. The lowest BCUT2D eigenvalue weighted by molar-refractivity contribution is 0.141. The van der Waals surface area contributed by atoms with E-state index in [-0.39, 0.29) is 5.54 Å². The number of nitrogens with zero attached hydrogens (tertiary/aromatic N) is 1. The number of hydrogen-bond acceptors (Lipinski definition) is 2. The Kier molecular flexibility index (Phi) is 1.86. The van der Waals surface area contributed by atoms with E-state index in [0.717, 1.165) is 5.69 Å². The van der Waals surface area contributed by atoms with Crippen molar-refractivity contribution in [3.63, 3.8) is 0 Å². The molecule has 1 aliphatic heterocycles. The molecule has 1 aliphatic rings. The summed E-state index contributed by atoms with van der Waals surface area (Å²) in [5.74, 6) is 0. The fourth-order valence-corrected chi connectivity index (χ4v) is 2.35. The van der Waals surface area contributed by atoms with E-state index < -0.39 is 0 Å². The first-order valence-electron chi connectivity index (χ1n) is 5.07. The predicted octanol–water partition coefficient (Wildman–Crippen LogP) is 2.51. The third kappa shape index (κ3) is 1.07. The van der Waals surface area contributed by atoms with Gasteiger partial charge in [-0.3, -0.25) is 4.90 Å². The van der Waals surface area contributed by atoms with Gasteiger partial charge in [-0.1, -0.05) is 6.07 Å². The van der Waals surface area contributed by atoms with Crippen LogP contribution in [0.4, 0.5) is 5.69 Å². The molecule has 0 bridgehead atoms. The van der Waals surface area contributed by atoms with Gasteiger partial charge in [-0.15, -0.1) is 0 Å². The maximum atomic E-state index is 5.82. The lowest BCUT2D eigenvalue weighted by Crippen LogP contribution is -2.33. The van der Waals surface area contributed by atoms with Gasteiger partial charge in [0.2, 0.25) is 0 Å². The van der Waals surface area contributed by atoms with Gasteiger partial charge in [0.15, 0.2) is 0 Å². The molecule has 14 heavy (non-hydrogen) atoms. The first-order chi connectivity index (χ1) is 6.44. The molecule has 2 heteroatoms. The van der Waals surface area contributed by atoms with Gasteiger partial charge in [0.25, 0.3) is 0 Å². The zero-order valence-electron chi connectivity index (χ0n) is 9.33. The minimum absolute atomic E-state index is 0.101. The van der Waals surface area contributed by atoms with E-state index in [1.165, 1.54) is 11.1 Å². The maximum Gasteiger partial charge on any atom is 0.0411 e. The van der Waals surface area contributed by atoms with E-state index in [4.69, 9.17) is 5.73 Å². The van der Waals surface area contributed by atoms with Crippen molar-refractivity contribution in [2.75, 3.05) is 12.8 Å². The van der Waals surface area contributed by atoms with Crippen LogP contribution in [0.5, 0.6) is 0 Å². The number of anilines is 1. The first kappa shape index (κ1) is 9.53. The molecule has 1 heterocycles. The van der Waals surface area contributed by atoms with Crippen LogP contribution in [0.2, 0.25) is 0 Å². The summed E-state index contributed by atoms with van der Waals surface area (Å²) in [7, 11) is 2.17. The van der Waals surface area contributed by atoms with Gasteiger partial charge in [0.1, 0.15) is 0 Å². The number of hydrogen-bond donors (Lipinski definition) is 1. The highest BCUT2D eigenvalue weighted by Crippen LogP contribution is 2.44. The topological polar surface area (TPSA) is 29.3 Å². The van der Waals surface area contributed by atoms with E-state index >= 15 is 0 Å². The number of rotatable bonds is 0. The highest BCUT2D eigenvalue weighted by molar-refractivity contribution is 5.50. The third-order valence-electron chi connectivity index (χ3n) is 3.65. The van der Waals surface area contributed by atoms with Gasteiger partial charge < -0.3 is 5.73 Å². The minimum atomic E-state index is 0.101. The molecule has 0 saturated carbocycles. The highest BCUT2D eigenvalue weighted by Gasteiger charge is 2.39. The monoisotopic (exact) mass is 190 g/mol. The number of benzene rings is 1. The summed E-state index contributed by atoms with van der Waals surface area (Å²) >= 11 is 0. The molecule has 1 aromatic carbocycles. The Labute approximate surface area is 85.7 Å². The molecule has 0 amide bonds. The Morgan fingerprint density at radius 1 is 1.36 bits per heavy atom. The van der Waals surface area contributed by atoms with Gasteiger partial charge >= 0.3 is 0 Å². The summed E-state index contributed by atoms with van der Waals surface area (Å²) < 4.78 is 0. The van der Waals surface area contributed by atoms with Crippen LogP contribution in [0, 0.1) is 0 Å². The molecular formula is C12H18N2. The van der Waals surface area contributed by atoms with Crippen LogP contribution < -0.4 is 5.73 Å². The molecule has 2 nitrogen and oxygen atoms in total. The van der Waals surface area contributed by atoms with Gasteiger partial charge in [-0.25, -0.2) is 0 Å². The lowest BCUT2D eigenvalue weighted by Gasteiger charge is -2.31. The molecule has 0 aromatic heterocycles. The average molecular weight is 190 g/mol. The van der Waals surface area contributed by atoms with Crippen LogP contribution in [0.25, 0.3) is 0 Å². The van der Waals surface area contributed by atoms with Crippen LogP contribution in [0.15, 0.2) is 18.2 Å². The van der Waals surface area contributed by atoms with Crippen LogP contribution in [-0.2, 0) is 5.54 Å². The molecule has 0 aliphatic carbocycles. The summed E-state index contributed by atoms with van der Waals surface area (Å²) in [5, 5.41) is 0. The van der Waals surface area contributed by atoms with Crippen molar-refractivity contribution < 1.29 is 0 Å². The zero-order chi connectivity index (χ0) is 10.5. The number of nitrogens with two attached hydrogens (primary N) is 1. The van der Waals surface area contributed by atoms with E-state index in [1.54, 1.807) is 0 Å². The smallest absolute Gasteiger partial charge is 0.0411 e. The SMILES string of the molecule is CC1c2ccc(N)cc2C(C)(C)N1C. The Hall–Kier alpha value is -1.02. The van der Waals surface area contributed by atoms with Crippen LogP contribution in [0.3, 0.4) is 0 Å². The Morgan fingerprint density at radius 3 is 2.64 bits per heavy atom. The molecular weight excluding hydrogens is 172 g/mol. The minimum Gasteiger partial charge on any atom is -0.399 e. The predicted molar refractivity (Wildman–Crippen MR) is 60.1 cm³/mol. The van der Waals surface area contributed by atoms with Crippen molar-refractivity contribution in [2.45, 2.75) is 32.4 Å². The molecule has 0 radical (unpaired) electrons. The molecule has 1 unspecified atom stereocenters. The summed E-state index contributed by atoms with van der Waals surface area (Å²) in [5.41, 5.74) is 9.56. The Balaban J connectivity index is 2.63. The Bertz CT molecular complexity index is 369. The van der Waals surface area contributed by atoms with E-state index in [1.807, 2.05) is 6.07 Å². The largest absolute Gasteiger partial charge is 0.399 e. The molecule has 2 rings (SSSR count). The second-order valence-electron chi connectivity index (χ2n) is 4.69.